The van der Waals surface area contributed by atoms with Crippen molar-refractivity contribution in [3.63, 3.8) is 0 Å². The first-order chi connectivity index (χ1) is 30.5. The van der Waals surface area contributed by atoms with Crippen molar-refractivity contribution in [2.45, 2.75) is 226 Å². The first kappa shape index (κ1) is 58.3. The van der Waals surface area contributed by atoms with E-state index in [0.29, 0.717) is 19.3 Å². The summed E-state index contributed by atoms with van der Waals surface area (Å²) in [7, 11) is 0. The highest BCUT2D eigenvalue weighted by molar-refractivity contribution is 5.71. The number of ether oxygens (including phenoxy) is 3. The Morgan fingerprint density at radius 3 is 1.21 bits per heavy atom. The molecule has 62 heavy (non-hydrogen) atoms. The molecule has 0 aliphatic heterocycles. The van der Waals surface area contributed by atoms with Crippen LogP contribution in [0.15, 0.2) is 97.2 Å². The van der Waals surface area contributed by atoms with Gasteiger partial charge in [-0.15, -0.1) is 0 Å². The number of carbonyl (C=O) groups excluding carboxylic acids is 3. The molecule has 0 saturated heterocycles. The summed E-state index contributed by atoms with van der Waals surface area (Å²) in [5.74, 6) is -0.959. The van der Waals surface area contributed by atoms with Gasteiger partial charge in [0.1, 0.15) is 13.2 Å². The summed E-state index contributed by atoms with van der Waals surface area (Å²) >= 11 is 0. The Kier molecular flexibility index (Phi) is 47.0. The van der Waals surface area contributed by atoms with E-state index < -0.39 is 6.10 Å². The van der Waals surface area contributed by atoms with Gasteiger partial charge in [-0.2, -0.15) is 0 Å². The highest BCUT2D eigenvalue weighted by Crippen LogP contribution is 2.14. The largest absolute Gasteiger partial charge is 0.462 e. The van der Waals surface area contributed by atoms with Crippen LogP contribution in [0.4, 0.5) is 0 Å². The van der Waals surface area contributed by atoms with Crippen molar-refractivity contribution >= 4 is 17.9 Å². The zero-order valence-electron chi connectivity index (χ0n) is 40.1. The molecule has 0 saturated carbocycles. The Morgan fingerprint density at radius 2 is 0.710 bits per heavy atom. The van der Waals surface area contributed by atoms with Crippen LogP contribution in [0.1, 0.15) is 220 Å². The van der Waals surface area contributed by atoms with Crippen molar-refractivity contribution < 1.29 is 28.6 Å². The molecule has 1 unspecified atom stereocenters. The fourth-order valence-corrected chi connectivity index (χ4v) is 6.64. The fourth-order valence-electron chi connectivity index (χ4n) is 6.64. The van der Waals surface area contributed by atoms with E-state index in [0.717, 1.165) is 96.3 Å². The summed E-state index contributed by atoms with van der Waals surface area (Å²) < 4.78 is 16.7. The minimum Gasteiger partial charge on any atom is -0.462 e. The first-order valence-electron chi connectivity index (χ1n) is 25.3. The van der Waals surface area contributed by atoms with E-state index in [9.17, 15) is 14.4 Å². The van der Waals surface area contributed by atoms with Crippen molar-refractivity contribution in [2.24, 2.45) is 0 Å². The highest BCUT2D eigenvalue weighted by atomic mass is 16.6. The zero-order chi connectivity index (χ0) is 45.1. The van der Waals surface area contributed by atoms with Gasteiger partial charge in [0.05, 0.1) is 0 Å². The molecule has 6 heteroatoms. The lowest BCUT2D eigenvalue weighted by atomic mass is 10.1. The van der Waals surface area contributed by atoms with Crippen LogP contribution in [0.2, 0.25) is 0 Å². The lowest BCUT2D eigenvalue weighted by molar-refractivity contribution is -0.167. The average molecular weight is 861 g/mol. The lowest BCUT2D eigenvalue weighted by Crippen LogP contribution is -2.30. The number of carbonyl (C=O) groups is 3. The monoisotopic (exact) mass is 861 g/mol. The average Bonchev–Trinajstić information content (AvgIpc) is 3.27. The first-order valence-corrected chi connectivity index (χ1v) is 25.3. The SMILES string of the molecule is CC\C=C/C=C\C=C/C=C\CCCCCC(=O)OC(COC(=O)CCCCCCC/C=C\CCCCC)COC(=O)CCCCCCCCCCC/C=C\C/C=C\C/C=C\CC. The van der Waals surface area contributed by atoms with Crippen molar-refractivity contribution in [2.75, 3.05) is 13.2 Å². The van der Waals surface area contributed by atoms with Crippen LogP contribution in [-0.2, 0) is 28.6 Å². The summed E-state index contributed by atoms with van der Waals surface area (Å²) in [6.45, 7) is 6.30. The molecule has 1 atom stereocenters. The van der Waals surface area contributed by atoms with Crippen LogP contribution >= 0.6 is 0 Å². The minimum absolute atomic E-state index is 0.100. The van der Waals surface area contributed by atoms with Gasteiger partial charge in [-0.05, 0) is 96.3 Å². The summed E-state index contributed by atoms with van der Waals surface area (Å²) in [5.41, 5.74) is 0. The standard InChI is InChI=1S/C56H92O6/c1-4-7-10-13-16-19-22-25-26-27-28-29-30-32-34-37-40-43-46-49-55(58)61-52-53(51-60-54(57)48-45-42-39-36-33-24-21-18-15-12-9-6-3)62-56(59)50-47-44-41-38-35-31-23-20-17-14-11-8-5-2/h7-8,10-11,14,16-21,23,25-26,31,35,53H,4-6,9,12-13,15,22,24,27-30,32-34,36-52H2,1-3H3/b10-7-,11-8-,17-14-,19-16-,21-18-,23-20-,26-25-,35-31-. The van der Waals surface area contributed by atoms with Gasteiger partial charge in [0, 0.05) is 19.3 Å². The van der Waals surface area contributed by atoms with E-state index in [1.165, 1.54) is 77.0 Å². The van der Waals surface area contributed by atoms with Crippen LogP contribution in [0.3, 0.4) is 0 Å². The smallest absolute Gasteiger partial charge is 0.306 e. The predicted molar refractivity (Wildman–Crippen MR) is 265 cm³/mol. The summed E-state index contributed by atoms with van der Waals surface area (Å²) in [4.78, 5) is 37.9. The Bertz CT molecular complexity index is 1260. The van der Waals surface area contributed by atoms with E-state index in [-0.39, 0.29) is 37.5 Å². The van der Waals surface area contributed by atoms with E-state index in [1.807, 2.05) is 36.5 Å². The number of unbranched alkanes of at least 4 members (excludes halogenated alkanes) is 20. The van der Waals surface area contributed by atoms with Gasteiger partial charge in [0.25, 0.3) is 0 Å². The Morgan fingerprint density at radius 1 is 0.355 bits per heavy atom. The van der Waals surface area contributed by atoms with Crippen molar-refractivity contribution in [3.8, 4) is 0 Å². The molecule has 0 amide bonds. The second kappa shape index (κ2) is 50.0. The molecule has 0 rings (SSSR count). The molecule has 6 nitrogen and oxygen atoms in total. The maximum Gasteiger partial charge on any atom is 0.306 e. The number of rotatable bonds is 44. The molecule has 0 radical (unpaired) electrons. The van der Waals surface area contributed by atoms with Crippen LogP contribution in [0, 0.1) is 0 Å². The molecule has 0 aromatic heterocycles. The summed E-state index contributed by atoms with van der Waals surface area (Å²) in [6.07, 6.45) is 65.3. The molecular weight excluding hydrogens is 769 g/mol. The molecular formula is C56H92O6. The highest BCUT2D eigenvalue weighted by Gasteiger charge is 2.19. The maximum atomic E-state index is 12.8. The quantitative estimate of drug-likeness (QED) is 0.0200. The van der Waals surface area contributed by atoms with E-state index >= 15 is 0 Å². The van der Waals surface area contributed by atoms with Crippen LogP contribution in [-0.4, -0.2) is 37.2 Å². The van der Waals surface area contributed by atoms with E-state index in [2.05, 4.69) is 81.5 Å². The fraction of sp³-hybridized carbons (Fsp3) is 0.661. The molecule has 0 spiro atoms. The van der Waals surface area contributed by atoms with Crippen molar-refractivity contribution in [1.29, 1.82) is 0 Å². The normalized spacial score (nSPS) is 12.9. The maximum absolute atomic E-state index is 12.8. The molecule has 352 valence electrons. The van der Waals surface area contributed by atoms with Crippen LogP contribution in [0.25, 0.3) is 0 Å². The predicted octanol–water partition coefficient (Wildman–Crippen LogP) is 16.6. The van der Waals surface area contributed by atoms with Crippen molar-refractivity contribution in [3.05, 3.63) is 97.2 Å². The van der Waals surface area contributed by atoms with Gasteiger partial charge < -0.3 is 14.2 Å². The molecule has 0 fully saturated rings. The summed E-state index contributed by atoms with van der Waals surface area (Å²) in [5, 5.41) is 0. The van der Waals surface area contributed by atoms with Crippen molar-refractivity contribution in [1.82, 2.24) is 0 Å². The second-order valence-electron chi connectivity index (χ2n) is 16.4. The van der Waals surface area contributed by atoms with Gasteiger partial charge in [-0.3, -0.25) is 14.4 Å². The topological polar surface area (TPSA) is 78.9 Å². The molecule has 0 aliphatic rings. The van der Waals surface area contributed by atoms with Gasteiger partial charge >= 0.3 is 17.9 Å². The molecule has 0 heterocycles. The summed E-state index contributed by atoms with van der Waals surface area (Å²) in [6, 6.07) is 0. The molecule has 0 aliphatic carbocycles. The number of allylic oxidation sites excluding steroid dienone is 16. The third kappa shape index (κ3) is 47.4. The van der Waals surface area contributed by atoms with Crippen LogP contribution < -0.4 is 0 Å². The molecule has 0 N–H and O–H groups in total. The van der Waals surface area contributed by atoms with Gasteiger partial charge in [-0.1, -0.05) is 201 Å². The zero-order valence-corrected chi connectivity index (χ0v) is 40.1. The Hall–Kier alpha value is -3.67. The minimum atomic E-state index is -0.803. The van der Waals surface area contributed by atoms with Gasteiger partial charge in [0.2, 0.25) is 0 Å². The third-order valence-corrected chi connectivity index (χ3v) is 10.4. The van der Waals surface area contributed by atoms with Gasteiger partial charge in [-0.25, -0.2) is 0 Å². The Balaban J connectivity index is 4.42. The van der Waals surface area contributed by atoms with Gasteiger partial charge in [0.15, 0.2) is 6.10 Å². The van der Waals surface area contributed by atoms with E-state index in [4.69, 9.17) is 14.2 Å². The number of esters is 3. The second-order valence-corrected chi connectivity index (χ2v) is 16.4. The van der Waals surface area contributed by atoms with E-state index in [1.54, 1.807) is 0 Å². The molecule has 0 aromatic rings. The Labute approximate surface area is 381 Å². The number of hydrogen-bond donors (Lipinski definition) is 0. The lowest BCUT2D eigenvalue weighted by Gasteiger charge is -2.18. The molecule has 0 bridgehead atoms. The molecule has 0 aromatic carbocycles. The number of hydrogen-bond acceptors (Lipinski definition) is 6. The van der Waals surface area contributed by atoms with Crippen LogP contribution in [0.5, 0.6) is 0 Å². The third-order valence-electron chi connectivity index (χ3n) is 10.4.